The van der Waals surface area contributed by atoms with Gasteiger partial charge in [0.1, 0.15) is 17.8 Å². The molecule has 2 N–H and O–H groups in total. The predicted molar refractivity (Wildman–Crippen MR) is 105 cm³/mol. The average molecular weight is 402 g/mol. The van der Waals surface area contributed by atoms with E-state index < -0.39 is 29.9 Å². The van der Waals surface area contributed by atoms with E-state index in [0.717, 1.165) is 4.90 Å². The summed E-state index contributed by atoms with van der Waals surface area (Å²) < 4.78 is 5.19. The zero-order valence-corrected chi connectivity index (χ0v) is 16.2. The highest BCUT2D eigenvalue weighted by Gasteiger charge is 2.51. The summed E-state index contributed by atoms with van der Waals surface area (Å²) in [4.78, 5) is 38.9. The number of anilines is 1. The smallest absolute Gasteiger partial charge is 0.325 e. The van der Waals surface area contributed by atoms with Crippen molar-refractivity contribution in [1.82, 2.24) is 10.2 Å². The molecule has 1 aliphatic heterocycles. The molecule has 146 valence electrons. The highest BCUT2D eigenvalue weighted by molar-refractivity contribution is 6.30. The second-order valence-electron chi connectivity index (χ2n) is 6.34. The Kier molecular flexibility index (Phi) is 5.56. The molecule has 0 aliphatic carbocycles. The van der Waals surface area contributed by atoms with Crippen LogP contribution in [-0.2, 0) is 15.1 Å². The maximum Gasteiger partial charge on any atom is 0.325 e. The van der Waals surface area contributed by atoms with Gasteiger partial charge in [-0.25, -0.2) is 4.79 Å². The van der Waals surface area contributed by atoms with E-state index in [-0.39, 0.29) is 0 Å². The summed E-state index contributed by atoms with van der Waals surface area (Å²) in [5, 5.41) is 5.93. The molecule has 2 aromatic carbocycles. The van der Waals surface area contributed by atoms with Crippen LogP contribution in [0.1, 0.15) is 18.9 Å². The van der Waals surface area contributed by atoms with Crippen LogP contribution in [0, 0.1) is 0 Å². The monoisotopic (exact) mass is 401 g/mol. The van der Waals surface area contributed by atoms with Crippen LogP contribution in [0.4, 0.5) is 10.5 Å². The van der Waals surface area contributed by atoms with Crippen molar-refractivity contribution in [2.24, 2.45) is 0 Å². The van der Waals surface area contributed by atoms with E-state index in [1.807, 2.05) is 0 Å². The van der Waals surface area contributed by atoms with Gasteiger partial charge in [0.05, 0.1) is 12.8 Å². The van der Waals surface area contributed by atoms with Gasteiger partial charge in [-0.1, -0.05) is 42.8 Å². The number of urea groups is 1. The number of amides is 4. The van der Waals surface area contributed by atoms with Gasteiger partial charge in [-0.3, -0.25) is 14.5 Å². The quantitative estimate of drug-likeness (QED) is 0.728. The molecule has 1 fully saturated rings. The van der Waals surface area contributed by atoms with Crippen LogP contribution in [0.2, 0.25) is 5.02 Å². The molecule has 0 saturated carbocycles. The molecular formula is C20H20ClN3O4. The van der Waals surface area contributed by atoms with E-state index in [2.05, 4.69) is 10.6 Å². The molecule has 0 unspecified atom stereocenters. The molecule has 7 nitrogen and oxygen atoms in total. The molecule has 0 spiro atoms. The van der Waals surface area contributed by atoms with Gasteiger partial charge in [0.15, 0.2) is 0 Å². The lowest BCUT2D eigenvalue weighted by Crippen LogP contribution is -2.44. The number of hydrogen-bond donors (Lipinski definition) is 2. The number of methoxy groups -OCH3 is 1. The number of carbonyl (C=O) groups excluding carboxylic acids is 3. The van der Waals surface area contributed by atoms with E-state index >= 15 is 0 Å². The zero-order valence-electron chi connectivity index (χ0n) is 15.5. The fraction of sp³-hybridized carbons (Fsp3) is 0.250. The number of benzene rings is 2. The predicted octanol–water partition coefficient (Wildman–Crippen LogP) is 3.14. The summed E-state index contributed by atoms with van der Waals surface area (Å²) in [5.74, 6) is -0.495. The molecule has 1 atom stereocenters. The van der Waals surface area contributed by atoms with E-state index in [0.29, 0.717) is 28.4 Å². The molecule has 28 heavy (non-hydrogen) atoms. The molecule has 1 saturated heterocycles. The van der Waals surface area contributed by atoms with E-state index in [4.69, 9.17) is 16.3 Å². The van der Waals surface area contributed by atoms with Crippen LogP contribution in [0.25, 0.3) is 0 Å². The number of halogens is 1. The summed E-state index contributed by atoms with van der Waals surface area (Å²) in [5.41, 5.74) is -0.140. The van der Waals surface area contributed by atoms with E-state index in [9.17, 15) is 14.4 Å². The van der Waals surface area contributed by atoms with Gasteiger partial charge < -0.3 is 15.4 Å². The minimum absolute atomic E-state index is 0.337. The number of hydrogen-bond acceptors (Lipinski definition) is 4. The third-order valence-corrected chi connectivity index (χ3v) is 4.98. The van der Waals surface area contributed by atoms with Gasteiger partial charge in [0.25, 0.3) is 5.91 Å². The molecule has 3 rings (SSSR count). The Morgan fingerprint density at radius 1 is 1.18 bits per heavy atom. The molecule has 2 aromatic rings. The van der Waals surface area contributed by atoms with Gasteiger partial charge in [-0.05, 0) is 36.2 Å². The van der Waals surface area contributed by atoms with E-state index in [1.165, 1.54) is 7.11 Å². The van der Waals surface area contributed by atoms with Gasteiger partial charge >= 0.3 is 6.03 Å². The number of rotatable bonds is 6. The molecular weight excluding hydrogens is 382 g/mol. The lowest BCUT2D eigenvalue weighted by Gasteiger charge is -2.25. The van der Waals surface area contributed by atoms with Crippen LogP contribution in [0.5, 0.6) is 5.75 Å². The van der Waals surface area contributed by atoms with Crippen molar-refractivity contribution >= 4 is 35.1 Å². The molecule has 1 aliphatic rings. The Morgan fingerprint density at radius 3 is 2.50 bits per heavy atom. The van der Waals surface area contributed by atoms with Crippen molar-refractivity contribution in [3.05, 3.63) is 59.1 Å². The fourth-order valence-electron chi connectivity index (χ4n) is 3.22. The fourth-order valence-corrected chi connectivity index (χ4v) is 3.35. The average Bonchev–Trinajstić information content (AvgIpc) is 2.94. The maximum absolute atomic E-state index is 13.1. The van der Waals surface area contributed by atoms with Crippen LogP contribution in [-0.4, -0.2) is 36.4 Å². The summed E-state index contributed by atoms with van der Waals surface area (Å²) in [6.45, 7) is 1.39. The topological polar surface area (TPSA) is 87.7 Å². The minimum atomic E-state index is -1.22. The highest BCUT2D eigenvalue weighted by atomic mass is 35.5. The van der Waals surface area contributed by atoms with Gasteiger partial charge in [-0.2, -0.15) is 0 Å². The first-order valence-corrected chi connectivity index (χ1v) is 9.12. The van der Waals surface area contributed by atoms with E-state index in [1.54, 1.807) is 55.5 Å². The first-order valence-electron chi connectivity index (χ1n) is 8.74. The summed E-state index contributed by atoms with van der Waals surface area (Å²) >= 11 is 5.93. The first kappa shape index (κ1) is 19.7. The van der Waals surface area contributed by atoms with Gasteiger partial charge in [0.2, 0.25) is 5.91 Å². The lowest BCUT2D eigenvalue weighted by molar-refractivity contribution is -0.134. The summed E-state index contributed by atoms with van der Waals surface area (Å²) in [6.07, 6.45) is 0.337. The van der Waals surface area contributed by atoms with Crippen molar-refractivity contribution < 1.29 is 19.1 Å². The van der Waals surface area contributed by atoms with Crippen molar-refractivity contribution in [1.29, 1.82) is 0 Å². The number of ether oxygens (including phenoxy) is 1. The van der Waals surface area contributed by atoms with Crippen molar-refractivity contribution in [3.8, 4) is 5.75 Å². The number of carbonyl (C=O) groups is 3. The molecule has 0 aromatic heterocycles. The Labute approximate surface area is 167 Å². The normalized spacial score (nSPS) is 18.8. The molecule has 0 bridgehead atoms. The maximum atomic E-state index is 13.1. The molecule has 4 amide bonds. The SMILES string of the molecule is CC[C@@]1(c2ccc(Cl)cc2)NC(=O)N(CC(=O)Nc2ccccc2OC)C1=O. The van der Waals surface area contributed by atoms with Crippen LogP contribution in [0.15, 0.2) is 48.5 Å². The Bertz CT molecular complexity index is 916. The van der Waals surface area contributed by atoms with Crippen molar-refractivity contribution in [2.75, 3.05) is 19.0 Å². The molecule has 1 heterocycles. The Hall–Kier alpha value is -3.06. The van der Waals surface area contributed by atoms with Gasteiger partial charge in [-0.15, -0.1) is 0 Å². The minimum Gasteiger partial charge on any atom is -0.495 e. The van der Waals surface area contributed by atoms with Crippen LogP contribution in [0.3, 0.4) is 0 Å². The van der Waals surface area contributed by atoms with Crippen molar-refractivity contribution in [3.63, 3.8) is 0 Å². The number of nitrogens with zero attached hydrogens (tertiary/aromatic N) is 1. The van der Waals surface area contributed by atoms with Gasteiger partial charge in [0, 0.05) is 5.02 Å². The third kappa shape index (κ3) is 3.53. The number of imide groups is 1. The molecule has 8 heteroatoms. The summed E-state index contributed by atoms with van der Waals surface area (Å²) in [7, 11) is 1.49. The number of nitrogens with one attached hydrogen (secondary N) is 2. The molecule has 0 radical (unpaired) electrons. The number of para-hydroxylation sites is 2. The van der Waals surface area contributed by atoms with Crippen LogP contribution < -0.4 is 15.4 Å². The first-order chi connectivity index (χ1) is 13.4. The largest absolute Gasteiger partial charge is 0.495 e. The van der Waals surface area contributed by atoms with Crippen LogP contribution >= 0.6 is 11.6 Å². The second-order valence-corrected chi connectivity index (χ2v) is 6.77. The summed E-state index contributed by atoms with van der Waals surface area (Å²) in [6, 6.07) is 13.0. The standard InChI is InChI=1S/C20H20ClN3O4/c1-3-20(13-8-10-14(21)11-9-13)18(26)24(19(27)23-20)12-17(25)22-15-6-4-5-7-16(15)28-2/h4-11H,3,12H2,1-2H3,(H,22,25)(H,23,27)/t20-/m0/s1. The second kappa shape index (κ2) is 7.90. The Morgan fingerprint density at radius 2 is 1.86 bits per heavy atom. The lowest BCUT2D eigenvalue weighted by atomic mass is 9.87. The zero-order chi connectivity index (χ0) is 20.3. The highest BCUT2D eigenvalue weighted by Crippen LogP contribution is 2.33. The van der Waals surface area contributed by atoms with Crippen molar-refractivity contribution in [2.45, 2.75) is 18.9 Å². The Balaban J connectivity index is 1.79. The third-order valence-electron chi connectivity index (χ3n) is 4.73.